The summed E-state index contributed by atoms with van der Waals surface area (Å²) in [7, 11) is 0. The Hall–Kier alpha value is -1.00. The van der Waals surface area contributed by atoms with Crippen molar-refractivity contribution in [1.29, 1.82) is 0 Å². The summed E-state index contributed by atoms with van der Waals surface area (Å²) in [6.07, 6.45) is 3.26. The van der Waals surface area contributed by atoms with E-state index in [1.807, 2.05) is 6.07 Å². The van der Waals surface area contributed by atoms with Crippen LogP contribution in [0.5, 0.6) is 0 Å². The average molecular weight is 179 g/mol. The third-order valence-corrected chi connectivity index (χ3v) is 2.27. The fourth-order valence-electron chi connectivity index (χ4n) is 1.29. The Bertz CT molecular complexity index is 299. The number of aromatic nitrogens is 2. The molecule has 1 atom stereocenters. The first-order valence-corrected chi connectivity index (χ1v) is 4.51. The Balaban J connectivity index is 2.21. The molecule has 2 rings (SSSR count). The summed E-state index contributed by atoms with van der Waals surface area (Å²) in [4.78, 5) is 8.13. The van der Waals surface area contributed by atoms with Crippen molar-refractivity contribution >= 4 is 0 Å². The summed E-state index contributed by atoms with van der Waals surface area (Å²) < 4.78 is 0. The van der Waals surface area contributed by atoms with E-state index in [2.05, 4.69) is 9.97 Å². The second kappa shape index (κ2) is 3.40. The smallest absolute Gasteiger partial charge is 0.116 e. The number of nitrogens with two attached hydrogens (primary N) is 1. The van der Waals surface area contributed by atoms with Crippen molar-refractivity contribution in [1.82, 2.24) is 9.97 Å². The second-order valence-electron chi connectivity index (χ2n) is 3.39. The highest BCUT2D eigenvalue weighted by molar-refractivity contribution is 5.18. The van der Waals surface area contributed by atoms with Gasteiger partial charge >= 0.3 is 0 Å². The number of aliphatic hydroxyl groups is 1. The lowest BCUT2D eigenvalue weighted by Gasteiger charge is -2.07. The van der Waals surface area contributed by atoms with E-state index < -0.39 is 6.10 Å². The summed E-state index contributed by atoms with van der Waals surface area (Å²) >= 11 is 0. The molecule has 1 aliphatic carbocycles. The molecule has 0 amide bonds. The number of nitrogens with zero attached hydrogens (tertiary/aromatic N) is 2. The SMILES string of the molecule is NCC(O)c1cc(C2CC2)ncn1. The van der Waals surface area contributed by atoms with Crippen molar-refractivity contribution in [3.63, 3.8) is 0 Å². The van der Waals surface area contributed by atoms with Gasteiger partial charge in [-0.15, -0.1) is 0 Å². The maximum Gasteiger partial charge on any atom is 0.116 e. The van der Waals surface area contributed by atoms with Crippen LogP contribution in [0.4, 0.5) is 0 Å². The number of rotatable bonds is 3. The summed E-state index contributed by atoms with van der Waals surface area (Å²) in [6, 6.07) is 1.86. The Morgan fingerprint density at radius 2 is 2.31 bits per heavy atom. The molecule has 1 aliphatic rings. The highest BCUT2D eigenvalue weighted by Gasteiger charge is 2.25. The minimum atomic E-state index is -0.652. The molecular formula is C9H13N3O. The van der Waals surface area contributed by atoms with Gasteiger partial charge in [0, 0.05) is 18.2 Å². The van der Waals surface area contributed by atoms with Gasteiger partial charge < -0.3 is 10.8 Å². The van der Waals surface area contributed by atoms with Crippen LogP contribution < -0.4 is 5.73 Å². The van der Waals surface area contributed by atoms with Gasteiger partial charge in [-0.3, -0.25) is 0 Å². The lowest BCUT2D eigenvalue weighted by atomic mass is 10.2. The third-order valence-electron chi connectivity index (χ3n) is 2.27. The molecule has 3 N–H and O–H groups in total. The van der Waals surface area contributed by atoms with Crippen molar-refractivity contribution in [2.45, 2.75) is 24.9 Å². The molecule has 4 heteroatoms. The molecule has 0 radical (unpaired) electrons. The van der Waals surface area contributed by atoms with Crippen LogP contribution in [0, 0.1) is 0 Å². The number of hydrogen-bond donors (Lipinski definition) is 2. The molecule has 1 aromatic heterocycles. The van der Waals surface area contributed by atoms with Gasteiger partial charge in [0.25, 0.3) is 0 Å². The number of hydrogen-bond acceptors (Lipinski definition) is 4. The van der Waals surface area contributed by atoms with E-state index >= 15 is 0 Å². The average Bonchev–Trinajstić information content (AvgIpc) is 3.00. The predicted molar refractivity (Wildman–Crippen MR) is 48.0 cm³/mol. The van der Waals surface area contributed by atoms with Crippen LogP contribution in [-0.4, -0.2) is 21.6 Å². The van der Waals surface area contributed by atoms with E-state index in [0.29, 0.717) is 11.6 Å². The minimum Gasteiger partial charge on any atom is -0.385 e. The Morgan fingerprint density at radius 3 is 2.92 bits per heavy atom. The zero-order valence-electron chi connectivity index (χ0n) is 7.35. The van der Waals surface area contributed by atoms with Gasteiger partial charge in [0.05, 0.1) is 5.69 Å². The first-order valence-electron chi connectivity index (χ1n) is 4.51. The summed E-state index contributed by atoms with van der Waals surface area (Å²) in [5.41, 5.74) is 7.01. The van der Waals surface area contributed by atoms with Gasteiger partial charge in [-0.05, 0) is 18.9 Å². The topological polar surface area (TPSA) is 72.0 Å². The zero-order valence-corrected chi connectivity index (χ0v) is 7.35. The van der Waals surface area contributed by atoms with Crippen LogP contribution in [0.2, 0.25) is 0 Å². The van der Waals surface area contributed by atoms with E-state index in [1.54, 1.807) is 0 Å². The molecule has 0 aromatic carbocycles. The van der Waals surface area contributed by atoms with Gasteiger partial charge in [0.2, 0.25) is 0 Å². The standard InChI is InChI=1S/C9H13N3O/c10-4-9(13)8-3-7(6-1-2-6)11-5-12-8/h3,5-6,9,13H,1-2,4,10H2. The molecule has 1 aromatic rings. The fraction of sp³-hybridized carbons (Fsp3) is 0.556. The maximum atomic E-state index is 9.44. The van der Waals surface area contributed by atoms with Gasteiger partial charge in [0.15, 0.2) is 0 Å². The van der Waals surface area contributed by atoms with E-state index in [0.717, 1.165) is 5.69 Å². The molecule has 0 spiro atoms. The molecule has 0 bridgehead atoms. The molecule has 1 heterocycles. The van der Waals surface area contributed by atoms with E-state index in [9.17, 15) is 5.11 Å². The molecule has 70 valence electrons. The highest BCUT2D eigenvalue weighted by atomic mass is 16.3. The van der Waals surface area contributed by atoms with E-state index in [4.69, 9.17) is 5.73 Å². The summed E-state index contributed by atoms with van der Waals surface area (Å²) in [5.74, 6) is 0.590. The molecule has 0 aliphatic heterocycles. The third kappa shape index (κ3) is 1.84. The zero-order chi connectivity index (χ0) is 9.26. The quantitative estimate of drug-likeness (QED) is 0.702. The second-order valence-corrected chi connectivity index (χ2v) is 3.39. The van der Waals surface area contributed by atoms with Crippen molar-refractivity contribution in [3.05, 3.63) is 23.8 Å². The monoisotopic (exact) mass is 179 g/mol. The summed E-state index contributed by atoms with van der Waals surface area (Å²) in [5, 5.41) is 9.44. The number of aliphatic hydroxyl groups excluding tert-OH is 1. The Morgan fingerprint density at radius 1 is 1.54 bits per heavy atom. The molecule has 4 nitrogen and oxygen atoms in total. The van der Waals surface area contributed by atoms with Crippen molar-refractivity contribution in [2.75, 3.05) is 6.54 Å². The van der Waals surface area contributed by atoms with Crippen LogP contribution in [0.25, 0.3) is 0 Å². The molecular weight excluding hydrogens is 166 g/mol. The van der Waals surface area contributed by atoms with Crippen LogP contribution >= 0.6 is 0 Å². The van der Waals surface area contributed by atoms with Crippen LogP contribution in [0.3, 0.4) is 0 Å². The first-order chi connectivity index (χ1) is 6.31. The predicted octanol–water partition coefficient (Wildman–Crippen LogP) is 0.346. The van der Waals surface area contributed by atoms with E-state index in [-0.39, 0.29) is 6.54 Å². The van der Waals surface area contributed by atoms with E-state index in [1.165, 1.54) is 19.2 Å². The van der Waals surface area contributed by atoms with Gasteiger partial charge in [-0.2, -0.15) is 0 Å². The fourth-order valence-corrected chi connectivity index (χ4v) is 1.29. The van der Waals surface area contributed by atoms with Gasteiger partial charge in [-0.25, -0.2) is 9.97 Å². The normalized spacial score (nSPS) is 18.6. The lowest BCUT2D eigenvalue weighted by Crippen LogP contribution is -2.13. The van der Waals surface area contributed by atoms with Crippen LogP contribution in [0.15, 0.2) is 12.4 Å². The Labute approximate surface area is 76.8 Å². The van der Waals surface area contributed by atoms with Crippen molar-refractivity contribution in [3.8, 4) is 0 Å². The van der Waals surface area contributed by atoms with Crippen molar-refractivity contribution < 1.29 is 5.11 Å². The molecule has 13 heavy (non-hydrogen) atoms. The van der Waals surface area contributed by atoms with Crippen molar-refractivity contribution in [2.24, 2.45) is 5.73 Å². The molecule has 1 fully saturated rings. The maximum absolute atomic E-state index is 9.44. The van der Waals surface area contributed by atoms with Crippen LogP contribution in [0.1, 0.15) is 36.3 Å². The largest absolute Gasteiger partial charge is 0.385 e. The molecule has 1 saturated carbocycles. The molecule has 1 unspecified atom stereocenters. The minimum absolute atomic E-state index is 0.209. The molecule has 0 saturated heterocycles. The van der Waals surface area contributed by atoms with Gasteiger partial charge in [-0.1, -0.05) is 0 Å². The van der Waals surface area contributed by atoms with Gasteiger partial charge in [0.1, 0.15) is 12.4 Å². The lowest BCUT2D eigenvalue weighted by molar-refractivity contribution is 0.181. The first kappa shape index (κ1) is 8.59. The summed E-state index contributed by atoms with van der Waals surface area (Å²) in [6.45, 7) is 0.209. The Kier molecular flexibility index (Phi) is 2.24. The van der Waals surface area contributed by atoms with Crippen LogP contribution in [-0.2, 0) is 0 Å². The highest BCUT2D eigenvalue weighted by Crippen LogP contribution is 2.39.